The highest BCUT2D eigenvalue weighted by molar-refractivity contribution is 8.14. The van der Waals surface area contributed by atoms with Gasteiger partial charge in [0.05, 0.1) is 6.61 Å². The van der Waals surface area contributed by atoms with E-state index in [4.69, 9.17) is 10.5 Å². The fourth-order valence-electron chi connectivity index (χ4n) is 0.999. The van der Waals surface area contributed by atoms with E-state index >= 15 is 0 Å². The van der Waals surface area contributed by atoms with Crippen LogP contribution in [0.25, 0.3) is 0 Å². The van der Waals surface area contributed by atoms with Crippen LogP contribution in [-0.4, -0.2) is 29.0 Å². The third-order valence-electron chi connectivity index (χ3n) is 1.55. The second-order valence-electron chi connectivity index (χ2n) is 2.49. The van der Waals surface area contributed by atoms with Gasteiger partial charge in [-0.3, -0.25) is 0 Å². The van der Waals surface area contributed by atoms with E-state index in [0.29, 0.717) is 11.8 Å². The zero-order valence-corrected chi connectivity index (χ0v) is 7.93. The Morgan fingerprint density at radius 1 is 1.83 bits per heavy atom. The number of carbonyl (C=O) groups excluding carboxylic acids is 1. The quantitative estimate of drug-likeness (QED) is 0.636. The summed E-state index contributed by atoms with van der Waals surface area (Å²) in [5.74, 6) is -0.280. The van der Waals surface area contributed by atoms with Gasteiger partial charge in [-0.2, -0.15) is 0 Å². The van der Waals surface area contributed by atoms with Gasteiger partial charge in [0.1, 0.15) is 0 Å². The molecule has 68 valence electrons. The highest BCUT2D eigenvalue weighted by Gasteiger charge is 2.32. The largest absolute Gasteiger partial charge is 0.464 e. The van der Waals surface area contributed by atoms with Crippen LogP contribution in [0.1, 0.15) is 13.8 Å². The number of esters is 1. The van der Waals surface area contributed by atoms with Gasteiger partial charge in [-0.05, 0) is 6.92 Å². The van der Waals surface area contributed by atoms with E-state index in [1.54, 1.807) is 6.92 Å². The predicted molar refractivity (Wildman–Crippen MR) is 49.1 cm³/mol. The fourth-order valence-corrected chi connectivity index (χ4v) is 1.86. The van der Waals surface area contributed by atoms with Crippen molar-refractivity contribution in [2.75, 3.05) is 6.61 Å². The van der Waals surface area contributed by atoms with Crippen molar-refractivity contribution in [2.24, 2.45) is 10.7 Å². The van der Waals surface area contributed by atoms with Crippen LogP contribution >= 0.6 is 11.8 Å². The van der Waals surface area contributed by atoms with Crippen LogP contribution in [0, 0.1) is 0 Å². The molecule has 1 heterocycles. The van der Waals surface area contributed by atoms with E-state index in [-0.39, 0.29) is 11.2 Å². The second-order valence-corrected chi connectivity index (χ2v) is 3.88. The first kappa shape index (κ1) is 9.38. The molecule has 0 aromatic heterocycles. The minimum Gasteiger partial charge on any atom is -0.464 e. The lowest BCUT2D eigenvalue weighted by atomic mass is 10.2. The third-order valence-corrected chi connectivity index (χ3v) is 2.52. The lowest BCUT2D eigenvalue weighted by molar-refractivity contribution is -0.144. The van der Waals surface area contributed by atoms with Crippen molar-refractivity contribution >= 4 is 22.9 Å². The molecule has 4 nitrogen and oxygen atoms in total. The summed E-state index contributed by atoms with van der Waals surface area (Å²) in [6.45, 7) is 4.08. The van der Waals surface area contributed by atoms with Crippen LogP contribution in [0.5, 0.6) is 0 Å². The highest BCUT2D eigenvalue weighted by atomic mass is 32.2. The number of nitrogens with two attached hydrogens (primary N) is 1. The smallest absolute Gasteiger partial charge is 0.332 e. The molecule has 5 heteroatoms. The van der Waals surface area contributed by atoms with E-state index in [1.165, 1.54) is 11.8 Å². The summed E-state index contributed by atoms with van der Waals surface area (Å²) in [6, 6.07) is -0.407. The predicted octanol–water partition coefficient (Wildman–Crippen LogP) is 0.368. The Labute approximate surface area is 75.6 Å². The highest BCUT2D eigenvalue weighted by Crippen LogP contribution is 2.24. The molecule has 0 spiro atoms. The summed E-state index contributed by atoms with van der Waals surface area (Å²) in [7, 11) is 0. The fraction of sp³-hybridized carbons (Fsp3) is 0.714. The summed E-state index contributed by atoms with van der Waals surface area (Å²) in [6.07, 6.45) is 0. The van der Waals surface area contributed by atoms with Crippen molar-refractivity contribution < 1.29 is 9.53 Å². The van der Waals surface area contributed by atoms with Gasteiger partial charge in [-0.1, -0.05) is 18.7 Å². The van der Waals surface area contributed by atoms with Gasteiger partial charge in [-0.15, -0.1) is 0 Å². The Bertz CT molecular complexity index is 217. The average Bonchev–Trinajstić information content (AvgIpc) is 2.30. The van der Waals surface area contributed by atoms with Crippen LogP contribution in [-0.2, 0) is 9.53 Å². The van der Waals surface area contributed by atoms with Gasteiger partial charge in [-0.25, -0.2) is 9.79 Å². The molecule has 0 fully saturated rings. The molecule has 0 aromatic rings. The Hall–Kier alpha value is -0.710. The molecule has 12 heavy (non-hydrogen) atoms. The Kier molecular flexibility index (Phi) is 2.97. The molecule has 1 aliphatic heterocycles. The molecule has 0 bridgehead atoms. The summed E-state index contributed by atoms with van der Waals surface area (Å²) >= 11 is 1.41. The maximum absolute atomic E-state index is 11.2. The van der Waals surface area contributed by atoms with Gasteiger partial charge in [0, 0.05) is 5.25 Å². The molecule has 0 saturated carbocycles. The molecule has 0 amide bonds. The Morgan fingerprint density at radius 2 is 2.50 bits per heavy atom. The molecule has 1 aliphatic rings. The van der Waals surface area contributed by atoms with E-state index in [9.17, 15) is 4.79 Å². The van der Waals surface area contributed by atoms with Crippen molar-refractivity contribution in [1.82, 2.24) is 0 Å². The van der Waals surface area contributed by atoms with Gasteiger partial charge in [0.25, 0.3) is 0 Å². The molecule has 0 aromatic carbocycles. The van der Waals surface area contributed by atoms with Gasteiger partial charge in [0.15, 0.2) is 11.2 Å². The summed E-state index contributed by atoms with van der Waals surface area (Å²) < 4.78 is 4.83. The first-order chi connectivity index (χ1) is 5.65. The lowest BCUT2D eigenvalue weighted by Gasteiger charge is -2.09. The number of thioether (sulfide) groups is 1. The van der Waals surface area contributed by atoms with Crippen molar-refractivity contribution in [3.05, 3.63) is 0 Å². The first-order valence-electron chi connectivity index (χ1n) is 3.81. The van der Waals surface area contributed by atoms with Crippen molar-refractivity contribution in [3.8, 4) is 0 Å². The minimum absolute atomic E-state index is 0.101. The average molecular weight is 188 g/mol. The van der Waals surface area contributed by atoms with Crippen molar-refractivity contribution in [1.29, 1.82) is 0 Å². The number of amidine groups is 1. The van der Waals surface area contributed by atoms with E-state index < -0.39 is 6.04 Å². The normalized spacial score (nSPS) is 28.3. The topological polar surface area (TPSA) is 64.7 Å². The minimum atomic E-state index is -0.407. The molecule has 0 saturated heterocycles. The Balaban J connectivity index is 2.57. The summed E-state index contributed by atoms with van der Waals surface area (Å²) in [5.41, 5.74) is 5.45. The SMILES string of the molecule is CCOC(=O)C1N=C(N)SC1C. The number of nitrogens with zero attached hydrogens (tertiary/aromatic N) is 1. The van der Waals surface area contributed by atoms with E-state index in [0.717, 1.165) is 0 Å². The van der Waals surface area contributed by atoms with Crippen molar-refractivity contribution in [2.45, 2.75) is 25.1 Å². The zero-order chi connectivity index (χ0) is 9.14. The molecule has 0 radical (unpaired) electrons. The third kappa shape index (κ3) is 1.91. The number of hydrogen-bond acceptors (Lipinski definition) is 5. The van der Waals surface area contributed by atoms with Crippen LogP contribution in [0.15, 0.2) is 4.99 Å². The molecule has 0 aliphatic carbocycles. The van der Waals surface area contributed by atoms with Crippen LogP contribution in [0.3, 0.4) is 0 Å². The molecule has 1 rings (SSSR count). The summed E-state index contributed by atoms with van der Waals surface area (Å²) in [4.78, 5) is 15.2. The van der Waals surface area contributed by atoms with Crippen LogP contribution in [0.4, 0.5) is 0 Å². The van der Waals surface area contributed by atoms with Crippen molar-refractivity contribution in [3.63, 3.8) is 0 Å². The van der Waals surface area contributed by atoms with E-state index in [1.807, 2.05) is 6.92 Å². The second kappa shape index (κ2) is 3.80. The number of carbonyl (C=O) groups is 1. The molecular formula is C7H12N2O2S. The van der Waals surface area contributed by atoms with E-state index in [2.05, 4.69) is 4.99 Å². The molecule has 2 N–H and O–H groups in total. The monoisotopic (exact) mass is 188 g/mol. The maximum Gasteiger partial charge on any atom is 0.332 e. The van der Waals surface area contributed by atoms with Crippen LogP contribution in [0.2, 0.25) is 0 Å². The molecule has 2 atom stereocenters. The van der Waals surface area contributed by atoms with Crippen LogP contribution < -0.4 is 5.73 Å². The summed E-state index contributed by atoms with van der Waals surface area (Å²) in [5, 5.41) is 0.574. The number of ether oxygens (including phenoxy) is 1. The molecular weight excluding hydrogens is 176 g/mol. The number of aliphatic imine (C=N–C) groups is 1. The number of rotatable bonds is 2. The lowest BCUT2D eigenvalue weighted by Crippen LogP contribution is -2.27. The van der Waals surface area contributed by atoms with Gasteiger partial charge in [0.2, 0.25) is 0 Å². The number of hydrogen-bond donors (Lipinski definition) is 1. The Morgan fingerprint density at radius 3 is 2.92 bits per heavy atom. The van der Waals surface area contributed by atoms with Gasteiger partial charge >= 0.3 is 5.97 Å². The maximum atomic E-state index is 11.2. The first-order valence-corrected chi connectivity index (χ1v) is 4.69. The standard InChI is InChI=1S/C7H12N2O2S/c1-3-11-6(10)5-4(2)12-7(8)9-5/h4-5H,3H2,1-2H3,(H2,8,9). The zero-order valence-electron chi connectivity index (χ0n) is 7.11. The van der Waals surface area contributed by atoms with Gasteiger partial charge < -0.3 is 10.5 Å². The molecule has 2 unspecified atom stereocenters.